The van der Waals surface area contributed by atoms with E-state index in [0.717, 1.165) is 30.0 Å². The molecular formula is C31H36ClN3O5S. The van der Waals surface area contributed by atoms with Crippen LogP contribution >= 0.6 is 11.6 Å². The minimum Gasteiger partial charge on any atom is -0.492 e. The Morgan fingerprint density at radius 3 is 2.29 bits per heavy atom. The molecule has 0 saturated heterocycles. The van der Waals surface area contributed by atoms with Crippen molar-refractivity contribution in [2.75, 3.05) is 17.5 Å². The number of carbonyl (C=O) groups excluding carboxylic acids is 2. The summed E-state index contributed by atoms with van der Waals surface area (Å²) in [7, 11) is -4.19. The molecule has 0 heterocycles. The molecule has 0 radical (unpaired) electrons. The van der Waals surface area contributed by atoms with Crippen LogP contribution in [0.25, 0.3) is 0 Å². The van der Waals surface area contributed by atoms with Crippen LogP contribution in [0.2, 0.25) is 5.02 Å². The Bertz CT molecular complexity index is 1440. The summed E-state index contributed by atoms with van der Waals surface area (Å²) in [6.45, 7) is 3.25. The summed E-state index contributed by atoms with van der Waals surface area (Å²) in [4.78, 5) is 28.9. The SMILES string of the molecule is CCOc1ccccc1N(CC(=O)N(Cc1ccccc1Cl)C(C)C(=O)NC1CCCC1)S(=O)(=O)c1ccccc1. The van der Waals surface area contributed by atoms with Gasteiger partial charge in [-0.25, -0.2) is 8.42 Å². The predicted octanol–water partition coefficient (Wildman–Crippen LogP) is 5.41. The highest BCUT2D eigenvalue weighted by Gasteiger charge is 2.34. The van der Waals surface area contributed by atoms with Crippen molar-refractivity contribution in [2.45, 2.75) is 63.1 Å². The maximum atomic E-state index is 14.1. The molecule has 0 spiro atoms. The average Bonchev–Trinajstić information content (AvgIpc) is 3.49. The normalized spacial score (nSPS) is 14.3. The summed E-state index contributed by atoms with van der Waals surface area (Å²) in [5.41, 5.74) is 0.877. The van der Waals surface area contributed by atoms with Gasteiger partial charge < -0.3 is 15.0 Å². The average molecular weight is 598 g/mol. The monoisotopic (exact) mass is 597 g/mol. The largest absolute Gasteiger partial charge is 0.492 e. The van der Waals surface area contributed by atoms with Crippen molar-refractivity contribution in [1.82, 2.24) is 10.2 Å². The van der Waals surface area contributed by atoms with Crippen molar-refractivity contribution in [3.8, 4) is 5.75 Å². The van der Waals surface area contributed by atoms with Crippen LogP contribution in [0.1, 0.15) is 45.1 Å². The molecule has 1 N–H and O–H groups in total. The van der Waals surface area contributed by atoms with Gasteiger partial charge in [-0.3, -0.25) is 13.9 Å². The third-order valence-corrected chi connectivity index (χ3v) is 9.35. The summed E-state index contributed by atoms with van der Waals surface area (Å²) in [6, 6.07) is 20.9. The minimum absolute atomic E-state index is 0.0313. The van der Waals surface area contributed by atoms with E-state index in [1.54, 1.807) is 80.6 Å². The lowest BCUT2D eigenvalue weighted by Crippen LogP contribution is -2.52. The molecule has 1 fully saturated rings. The van der Waals surface area contributed by atoms with E-state index < -0.39 is 28.5 Å². The van der Waals surface area contributed by atoms with Crippen molar-refractivity contribution in [3.05, 3.63) is 89.4 Å². The Morgan fingerprint density at radius 1 is 0.976 bits per heavy atom. The molecule has 1 aliphatic carbocycles. The van der Waals surface area contributed by atoms with Gasteiger partial charge in [-0.05, 0) is 62.6 Å². The maximum absolute atomic E-state index is 14.1. The van der Waals surface area contributed by atoms with Gasteiger partial charge >= 0.3 is 0 Å². The Kier molecular flexibility index (Phi) is 10.3. The number of benzene rings is 3. The number of amides is 2. The molecule has 0 bridgehead atoms. The number of hydrogen-bond donors (Lipinski definition) is 1. The van der Waals surface area contributed by atoms with Gasteiger partial charge in [-0.1, -0.05) is 73.0 Å². The highest BCUT2D eigenvalue weighted by molar-refractivity contribution is 7.92. The van der Waals surface area contributed by atoms with Crippen LogP contribution in [0.4, 0.5) is 5.69 Å². The number of ether oxygens (including phenoxy) is 1. The number of hydrogen-bond acceptors (Lipinski definition) is 5. The third kappa shape index (κ3) is 7.40. The molecule has 4 rings (SSSR count). The van der Waals surface area contributed by atoms with Crippen LogP contribution in [0.5, 0.6) is 5.75 Å². The van der Waals surface area contributed by atoms with E-state index in [1.165, 1.54) is 17.0 Å². The summed E-state index contributed by atoms with van der Waals surface area (Å²) in [5.74, 6) is -0.513. The second-order valence-electron chi connectivity index (χ2n) is 10.0. The van der Waals surface area contributed by atoms with Crippen molar-refractivity contribution < 1.29 is 22.7 Å². The Morgan fingerprint density at radius 2 is 1.61 bits per heavy atom. The van der Waals surface area contributed by atoms with Gasteiger partial charge in [0.25, 0.3) is 10.0 Å². The van der Waals surface area contributed by atoms with E-state index in [4.69, 9.17) is 16.3 Å². The smallest absolute Gasteiger partial charge is 0.264 e. The minimum atomic E-state index is -4.19. The molecule has 10 heteroatoms. The Labute approximate surface area is 247 Å². The van der Waals surface area contributed by atoms with E-state index in [0.29, 0.717) is 22.9 Å². The number of anilines is 1. The summed E-state index contributed by atoms with van der Waals surface area (Å²) < 4.78 is 34.8. The molecule has 2 amide bonds. The molecule has 218 valence electrons. The number of rotatable bonds is 12. The second-order valence-corrected chi connectivity index (χ2v) is 12.3. The fraction of sp³-hybridized carbons (Fsp3) is 0.355. The molecule has 3 aromatic rings. The van der Waals surface area contributed by atoms with Crippen LogP contribution in [0, 0.1) is 0 Å². The molecule has 3 aromatic carbocycles. The maximum Gasteiger partial charge on any atom is 0.264 e. The zero-order valence-corrected chi connectivity index (χ0v) is 24.9. The van der Waals surface area contributed by atoms with E-state index >= 15 is 0 Å². The molecule has 1 saturated carbocycles. The molecular weight excluding hydrogens is 562 g/mol. The molecule has 1 atom stereocenters. The predicted molar refractivity (Wildman–Crippen MR) is 160 cm³/mol. The number of para-hydroxylation sites is 2. The van der Waals surface area contributed by atoms with E-state index in [9.17, 15) is 18.0 Å². The first-order chi connectivity index (χ1) is 19.7. The molecule has 0 aromatic heterocycles. The fourth-order valence-corrected chi connectivity index (χ4v) is 6.60. The standard InChI is InChI=1S/C31H36ClN3O5S/c1-3-40-29-20-12-11-19-28(29)35(41(38,39)26-16-5-4-6-17-26)22-30(36)34(21-24-13-7-10-18-27(24)32)23(2)31(37)33-25-14-8-9-15-25/h4-7,10-13,16-20,23,25H,3,8-9,14-15,21-22H2,1-2H3,(H,33,37). The number of sulfonamides is 1. The van der Waals surface area contributed by atoms with Crippen molar-refractivity contribution >= 4 is 39.1 Å². The Balaban J connectivity index is 1.72. The number of nitrogens with zero attached hydrogens (tertiary/aromatic N) is 2. The van der Waals surface area contributed by atoms with Crippen LogP contribution in [0.15, 0.2) is 83.8 Å². The van der Waals surface area contributed by atoms with E-state index in [-0.39, 0.29) is 29.1 Å². The number of nitrogens with one attached hydrogen (secondary N) is 1. The van der Waals surface area contributed by atoms with Gasteiger partial charge in [0, 0.05) is 17.6 Å². The molecule has 1 unspecified atom stereocenters. The first kappa shape index (κ1) is 30.4. The van der Waals surface area contributed by atoms with Crippen LogP contribution in [-0.2, 0) is 26.2 Å². The highest BCUT2D eigenvalue weighted by Crippen LogP contribution is 2.33. The molecule has 0 aliphatic heterocycles. The van der Waals surface area contributed by atoms with Gasteiger partial charge in [0.2, 0.25) is 11.8 Å². The first-order valence-electron chi connectivity index (χ1n) is 13.8. The molecule has 1 aliphatic rings. The van der Waals surface area contributed by atoms with Gasteiger partial charge in [-0.2, -0.15) is 0 Å². The van der Waals surface area contributed by atoms with Gasteiger partial charge in [-0.15, -0.1) is 0 Å². The zero-order valence-electron chi connectivity index (χ0n) is 23.3. The number of halogens is 1. The van der Waals surface area contributed by atoms with Gasteiger partial charge in [0.1, 0.15) is 18.3 Å². The zero-order chi connectivity index (χ0) is 29.4. The lowest BCUT2D eigenvalue weighted by atomic mass is 10.1. The van der Waals surface area contributed by atoms with E-state index in [2.05, 4.69) is 5.32 Å². The van der Waals surface area contributed by atoms with Crippen molar-refractivity contribution in [3.63, 3.8) is 0 Å². The quantitative estimate of drug-likeness (QED) is 0.301. The first-order valence-corrected chi connectivity index (χ1v) is 15.7. The third-order valence-electron chi connectivity index (χ3n) is 7.21. The second kappa shape index (κ2) is 13.9. The van der Waals surface area contributed by atoms with Crippen molar-refractivity contribution in [2.24, 2.45) is 0 Å². The van der Waals surface area contributed by atoms with Gasteiger partial charge in [0.05, 0.1) is 17.2 Å². The van der Waals surface area contributed by atoms with Crippen LogP contribution in [-0.4, -0.2) is 50.4 Å². The summed E-state index contributed by atoms with van der Waals surface area (Å²) in [6.07, 6.45) is 3.89. The summed E-state index contributed by atoms with van der Waals surface area (Å²) >= 11 is 6.44. The fourth-order valence-electron chi connectivity index (χ4n) is 4.96. The van der Waals surface area contributed by atoms with Gasteiger partial charge in [0.15, 0.2) is 0 Å². The lowest BCUT2D eigenvalue weighted by Gasteiger charge is -2.33. The summed E-state index contributed by atoms with van der Waals surface area (Å²) in [5, 5.41) is 3.51. The lowest BCUT2D eigenvalue weighted by molar-refractivity contribution is -0.139. The van der Waals surface area contributed by atoms with Crippen LogP contribution in [0.3, 0.4) is 0 Å². The van der Waals surface area contributed by atoms with Crippen molar-refractivity contribution in [1.29, 1.82) is 0 Å². The highest BCUT2D eigenvalue weighted by atomic mass is 35.5. The van der Waals surface area contributed by atoms with E-state index in [1.807, 2.05) is 0 Å². The number of carbonyl (C=O) groups is 2. The van der Waals surface area contributed by atoms with Crippen LogP contribution < -0.4 is 14.4 Å². The Hall–Kier alpha value is -3.56. The molecule has 41 heavy (non-hydrogen) atoms. The topological polar surface area (TPSA) is 96.0 Å². The molecule has 8 nitrogen and oxygen atoms in total.